The van der Waals surface area contributed by atoms with Gasteiger partial charge in [-0.05, 0) is 30.0 Å². The molecule has 122 valence electrons. The molecule has 0 amide bonds. The molecule has 0 saturated carbocycles. The number of halogens is 1. The van der Waals surface area contributed by atoms with Crippen molar-refractivity contribution in [3.63, 3.8) is 0 Å². The predicted molar refractivity (Wildman–Crippen MR) is 101 cm³/mol. The van der Waals surface area contributed by atoms with Crippen molar-refractivity contribution in [3.05, 3.63) is 66.0 Å². The van der Waals surface area contributed by atoms with E-state index in [9.17, 15) is 0 Å². The third kappa shape index (κ3) is 1.70. The number of para-hydroxylation sites is 1. The van der Waals surface area contributed by atoms with Gasteiger partial charge in [0.25, 0.3) is 0 Å². The van der Waals surface area contributed by atoms with Crippen molar-refractivity contribution in [2.45, 2.75) is 6.92 Å². The standard InChI is InChI=1S/C22H18FN2/c1-13-11-12-14-7-6-10-17-19(14)18(13)21-22(25(17)3)20(23)15-8-4-5-9-16(15)24(21)2/h4-12H,1-3H3/q+1. The summed E-state index contributed by atoms with van der Waals surface area (Å²) in [5, 5.41) is 3.03. The summed E-state index contributed by atoms with van der Waals surface area (Å²) < 4.78 is 17.7. The molecule has 0 fully saturated rings. The summed E-state index contributed by atoms with van der Waals surface area (Å²) in [6, 6.07) is 18.2. The van der Waals surface area contributed by atoms with Crippen molar-refractivity contribution in [2.24, 2.45) is 7.05 Å². The van der Waals surface area contributed by atoms with Gasteiger partial charge < -0.3 is 4.90 Å². The van der Waals surface area contributed by atoms with Gasteiger partial charge in [0.05, 0.1) is 10.9 Å². The van der Waals surface area contributed by atoms with Crippen LogP contribution in [0.2, 0.25) is 0 Å². The minimum Gasteiger partial charge on any atom is -0.336 e. The zero-order chi connectivity index (χ0) is 17.3. The summed E-state index contributed by atoms with van der Waals surface area (Å²) in [4.78, 5) is 1.99. The van der Waals surface area contributed by atoms with Crippen molar-refractivity contribution in [3.8, 4) is 11.3 Å². The highest BCUT2D eigenvalue weighted by Crippen LogP contribution is 2.48. The number of aryl methyl sites for hydroxylation is 2. The van der Waals surface area contributed by atoms with E-state index in [1.807, 2.05) is 49.3 Å². The summed E-state index contributed by atoms with van der Waals surface area (Å²) in [5.41, 5.74) is 5.85. The first-order chi connectivity index (χ1) is 12.1. The van der Waals surface area contributed by atoms with Crippen molar-refractivity contribution < 1.29 is 8.96 Å². The molecule has 25 heavy (non-hydrogen) atoms. The molecule has 2 nitrogen and oxygen atoms in total. The highest BCUT2D eigenvalue weighted by atomic mass is 19.1. The van der Waals surface area contributed by atoms with Crippen LogP contribution >= 0.6 is 0 Å². The largest absolute Gasteiger partial charge is 0.336 e. The second-order valence-electron chi connectivity index (χ2n) is 6.78. The minimum absolute atomic E-state index is 0.155. The van der Waals surface area contributed by atoms with Crippen LogP contribution in [0.5, 0.6) is 0 Å². The topological polar surface area (TPSA) is 7.12 Å². The molecule has 0 saturated heterocycles. The van der Waals surface area contributed by atoms with Gasteiger partial charge in [0.2, 0.25) is 11.2 Å². The van der Waals surface area contributed by atoms with E-state index in [4.69, 9.17) is 0 Å². The average Bonchev–Trinajstić information content (AvgIpc) is 2.64. The number of fused-ring (bicyclic) bond motifs is 3. The van der Waals surface area contributed by atoms with E-state index in [0.717, 1.165) is 22.5 Å². The Labute approximate surface area is 145 Å². The Kier molecular flexibility index (Phi) is 2.76. The van der Waals surface area contributed by atoms with Crippen LogP contribution in [-0.2, 0) is 7.05 Å². The maximum Gasteiger partial charge on any atom is 0.240 e. The third-order valence-electron chi connectivity index (χ3n) is 5.43. The van der Waals surface area contributed by atoms with Crippen molar-refractivity contribution in [2.75, 3.05) is 11.9 Å². The first-order valence-electron chi connectivity index (χ1n) is 8.46. The number of nitrogens with zero attached hydrogens (tertiary/aromatic N) is 2. The zero-order valence-corrected chi connectivity index (χ0v) is 14.5. The Bertz CT molecular complexity index is 1190. The molecule has 0 aliphatic carbocycles. The summed E-state index contributed by atoms with van der Waals surface area (Å²) in [5.74, 6) is -0.155. The van der Waals surface area contributed by atoms with Crippen LogP contribution in [0.15, 0.2) is 54.6 Å². The van der Waals surface area contributed by atoms with Crippen LogP contribution in [0.3, 0.4) is 0 Å². The van der Waals surface area contributed by atoms with E-state index >= 15 is 4.39 Å². The van der Waals surface area contributed by atoms with Crippen molar-refractivity contribution >= 4 is 33.1 Å². The highest BCUT2D eigenvalue weighted by molar-refractivity contribution is 6.12. The van der Waals surface area contributed by atoms with Gasteiger partial charge in [0.15, 0.2) is 11.5 Å². The summed E-state index contributed by atoms with van der Waals surface area (Å²) in [6.07, 6.45) is 0. The number of aromatic nitrogens is 1. The van der Waals surface area contributed by atoms with Gasteiger partial charge in [-0.2, -0.15) is 4.57 Å². The van der Waals surface area contributed by atoms with E-state index in [-0.39, 0.29) is 5.82 Å². The molecule has 5 rings (SSSR count). The Morgan fingerprint density at radius 1 is 0.960 bits per heavy atom. The molecular formula is C22H18FN2+. The molecule has 1 aromatic heterocycles. The Morgan fingerprint density at radius 3 is 2.60 bits per heavy atom. The second kappa shape index (κ2) is 4.79. The van der Waals surface area contributed by atoms with Crippen molar-refractivity contribution in [1.82, 2.24) is 0 Å². The van der Waals surface area contributed by atoms with Crippen LogP contribution in [0.4, 0.5) is 15.8 Å². The summed E-state index contributed by atoms with van der Waals surface area (Å²) in [6.45, 7) is 2.10. The van der Waals surface area contributed by atoms with Gasteiger partial charge in [0.1, 0.15) is 7.05 Å². The fraction of sp³-hybridized carbons (Fsp3) is 0.136. The molecule has 3 heteroatoms. The first-order valence-corrected chi connectivity index (χ1v) is 8.46. The molecule has 0 unspecified atom stereocenters. The normalized spacial score (nSPS) is 12.7. The average molecular weight is 329 g/mol. The van der Waals surface area contributed by atoms with Crippen LogP contribution in [0.25, 0.3) is 32.9 Å². The molecule has 0 bridgehead atoms. The monoisotopic (exact) mass is 329 g/mol. The van der Waals surface area contributed by atoms with Gasteiger partial charge in [-0.1, -0.05) is 36.4 Å². The van der Waals surface area contributed by atoms with Crippen LogP contribution < -0.4 is 9.47 Å². The van der Waals surface area contributed by atoms with Gasteiger partial charge in [0, 0.05) is 24.2 Å². The number of hydrogen-bond acceptors (Lipinski definition) is 1. The quantitative estimate of drug-likeness (QED) is 0.411. The maximum absolute atomic E-state index is 15.5. The molecule has 3 aromatic carbocycles. The van der Waals surface area contributed by atoms with Gasteiger partial charge in [-0.15, -0.1) is 0 Å². The minimum atomic E-state index is -0.155. The van der Waals surface area contributed by atoms with Crippen LogP contribution in [0, 0.1) is 12.7 Å². The second-order valence-corrected chi connectivity index (χ2v) is 6.78. The molecule has 1 aliphatic rings. The first kappa shape index (κ1) is 14.4. The lowest BCUT2D eigenvalue weighted by atomic mass is 9.90. The molecule has 1 aliphatic heterocycles. The zero-order valence-electron chi connectivity index (χ0n) is 14.5. The SMILES string of the molecule is Cc1ccc2cccc3c2c1-c1c(c(F)c2ccccc2[n+]1C)N3C. The Hall–Kier alpha value is -2.94. The smallest absolute Gasteiger partial charge is 0.240 e. The third-order valence-corrected chi connectivity index (χ3v) is 5.43. The molecule has 4 aromatic rings. The lowest BCUT2D eigenvalue weighted by Gasteiger charge is -2.29. The number of benzene rings is 3. The van der Waals surface area contributed by atoms with Crippen LogP contribution in [0.1, 0.15) is 5.56 Å². The van der Waals surface area contributed by atoms with E-state index in [1.54, 1.807) is 0 Å². The Morgan fingerprint density at radius 2 is 1.76 bits per heavy atom. The molecule has 2 heterocycles. The van der Waals surface area contributed by atoms with Gasteiger partial charge >= 0.3 is 0 Å². The molecule has 0 atom stereocenters. The van der Waals surface area contributed by atoms with E-state index in [0.29, 0.717) is 11.1 Å². The molecule has 0 spiro atoms. The fourth-order valence-corrected chi connectivity index (χ4v) is 4.22. The predicted octanol–water partition coefficient (Wildman–Crippen LogP) is 5.01. The lowest BCUT2D eigenvalue weighted by molar-refractivity contribution is -0.633. The summed E-state index contributed by atoms with van der Waals surface area (Å²) in [7, 11) is 3.98. The number of pyridine rings is 1. The fourth-order valence-electron chi connectivity index (χ4n) is 4.22. The van der Waals surface area contributed by atoms with Gasteiger partial charge in [-0.3, -0.25) is 0 Å². The summed E-state index contributed by atoms with van der Waals surface area (Å²) >= 11 is 0. The van der Waals surface area contributed by atoms with Crippen LogP contribution in [-0.4, -0.2) is 7.05 Å². The van der Waals surface area contributed by atoms with Gasteiger partial charge in [-0.25, -0.2) is 4.39 Å². The molecule has 0 radical (unpaired) electrons. The lowest BCUT2D eigenvalue weighted by Crippen LogP contribution is -2.36. The number of anilines is 2. The highest BCUT2D eigenvalue weighted by Gasteiger charge is 2.35. The molecule has 0 N–H and O–H groups in total. The van der Waals surface area contributed by atoms with Crippen molar-refractivity contribution in [1.29, 1.82) is 0 Å². The molecular weight excluding hydrogens is 311 g/mol. The van der Waals surface area contributed by atoms with E-state index in [2.05, 4.69) is 35.8 Å². The van der Waals surface area contributed by atoms with E-state index in [1.165, 1.54) is 16.3 Å². The van der Waals surface area contributed by atoms with E-state index < -0.39 is 0 Å². The Balaban J connectivity index is 2.09. The number of hydrogen-bond donors (Lipinski definition) is 0. The maximum atomic E-state index is 15.5. The number of rotatable bonds is 0.